The van der Waals surface area contributed by atoms with Crippen LogP contribution in [-0.4, -0.2) is 24.4 Å². The number of thiazole rings is 1. The second-order valence-electron chi connectivity index (χ2n) is 5.22. The largest absolute Gasteiger partial charge is 0.327 e. The van der Waals surface area contributed by atoms with Gasteiger partial charge in [-0.05, 0) is 25.3 Å². The highest BCUT2D eigenvalue weighted by atomic mass is 32.2. The minimum Gasteiger partial charge on any atom is -0.327 e. The molecule has 8 nitrogen and oxygen atoms in total. The predicted octanol–water partition coefficient (Wildman–Crippen LogP) is 1.67. The predicted molar refractivity (Wildman–Crippen MR) is 86.0 cm³/mol. The van der Waals surface area contributed by atoms with Crippen molar-refractivity contribution in [1.82, 2.24) is 4.98 Å². The molecule has 1 atom stereocenters. The molecular formula is C13H14N4O4S2. The summed E-state index contributed by atoms with van der Waals surface area (Å²) in [7, 11) is -4.08. The van der Waals surface area contributed by atoms with Crippen LogP contribution in [0.15, 0.2) is 29.2 Å². The van der Waals surface area contributed by atoms with Crippen LogP contribution in [0.2, 0.25) is 0 Å². The molecule has 1 aliphatic carbocycles. The molecule has 0 fully saturated rings. The molecule has 3 rings (SSSR count). The number of rotatable bonds is 4. The van der Waals surface area contributed by atoms with Crippen LogP contribution in [0.5, 0.6) is 0 Å². The molecule has 0 bridgehead atoms. The molecule has 0 spiro atoms. The van der Waals surface area contributed by atoms with Crippen LogP contribution in [0.1, 0.15) is 17.0 Å². The molecule has 2 aromatic rings. The molecule has 0 radical (unpaired) electrons. The Morgan fingerprint density at radius 1 is 1.39 bits per heavy atom. The summed E-state index contributed by atoms with van der Waals surface area (Å²) in [4.78, 5) is 15.1. The van der Waals surface area contributed by atoms with Gasteiger partial charge in [0.25, 0.3) is 15.7 Å². The molecule has 0 saturated carbocycles. The summed E-state index contributed by atoms with van der Waals surface area (Å²) in [6.45, 7) is 0. The first-order chi connectivity index (χ1) is 10.9. The average Bonchev–Trinajstić information content (AvgIpc) is 2.87. The van der Waals surface area contributed by atoms with Crippen molar-refractivity contribution in [2.75, 3.05) is 4.72 Å². The van der Waals surface area contributed by atoms with Crippen LogP contribution in [0, 0.1) is 10.1 Å². The molecule has 3 N–H and O–H groups in total. The normalized spacial score (nSPS) is 17.5. The third-order valence-corrected chi connectivity index (χ3v) is 6.10. The second-order valence-corrected chi connectivity index (χ2v) is 7.96. The van der Waals surface area contributed by atoms with Crippen molar-refractivity contribution in [2.24, 2.45) is 5.73 Å². The number of para-hydroxylation sites is 1. The maximum absolute atomic E-state index is 12.4. The van der Waals surface area contributed by atoms with E-state index >= 15 is 0 Å². The minimum absolute atomic E-state index is 0.0580. The number of nitro groups is 1. The van der Waals surface area contributed by atoms with Crippen molar-refractivity contribution < 1.29 is 13.3 Å². The summed E-state index contributed by atoms with van der Waals surface area (Å²) in [5.41, 5.74) is 6.27. The lowest BCUT2D eigenvalue weighted by molar-refractivity contribution is -0.387. The maximum atomic E-state index is 12.4. The Kier molecular flexibility index (Phi) is 4.04. The number of nitro benzene ring substituents is 1. The van der Waals surface area contributed by atoms with E-state index in [1.807, 2.05) is 0 Å². The summed E-state index contributed by atoms with van der Waals surface area (Å²) in [6, 6.07) is 5.26. The summed E-state index contributed by atoms with van der Waals surface area (Å²) < 4.78 is 27.2. The fraction of sp³-hybridized carbons (Fsp3) is 0.308. The van der Waals surface area contributed by atoms with Crippen molar-refractivity contribution in [3.8, 4) is 0 Å². The van der Waals surface area contributed by atoms with Gasteiger partial charge in [0.15, 0.2) is 10.0 Å². The van der Waals surface area contributed by atoms with Crippen molar-refractivity contribution in [3.05, 3.63) is 45.0 Å². The van der Waals surface area contributed by atoms with Gasteiger partial charge in [0.2, 0.25) is 0 Å². The molecule has 122 valence electrons. The molecule has 10 heteroatoms. The lowest BCUT2D eigenvalue weighted by Gasteiger charge is -2.15. The van der Waals surface area contributed by atoms with E-state index in [4.69, 9.17) is 5.73 Å². The van der Waals surface area contributed by atoms with E-state index in [0.717, 1.165) is 23.1 Å². The number of aryl methyl sites for hydroxylation is 1. The molecule has 23 heavy (non-hydrogen) atoms. The third kappa shape index (κ3) is 3.19. The van der Waals surface area contributed by atoms with Crippen LogP contribution in [-0.2, 0) is 22.9 Å². The zero-order valence-corrected chi connectivity index (χ0v) is 13.6. The third-order valence-electron chi connectivity index (χ3n) is 3.55. The maximum Gasteiger partial charge on any atom is 0.289 e. The van der Waals surface area contributed by atoms with Gasteiger partial charge in [-0.1, -0.05) is 12.1 Å². The smallest absolute Gasteiger partial charge is 0.289 e. The number of anilines is 1. The quantitative estimate of drug-likeness (QED) is 0.635. The molecule has 1 heterocycles. The molecule has 1 aromatic carbocycles. The van der Waals surface area contributed by atoms with Gasteiger partial charge in [0.05, 0.1) is 10.6 Å². The first-order valence-electron chi connectivity index (χ1n) is 6.87. The van der Waals surface area contributed by atoms with Crippen molar-refractivity contribution in [3.63, 3.8) is 0 Å². The highest BCUT2D eigenvalue weighted by molar-refractivity contribution is 7.93. The Bertz CT molecular complexity index is 863. The molecule has 1 aromatic heterocycles. The van der Waals surface area contributed by atoms with Crippen LogP contribution < -0.4 is 10.5 Å². The Balaban J connectivity index is 1.92. The monoisotopic (exact) mass is 354 g/mol. The number of nitrogens with one attached hydrogen (secondary N) is 1. The number of sulfonamides is 1. The number of hydrogen-bond acceptors (Lipinski definition) is 7. The van der Waals surface area contributed by atoms with Crippen LogP contribution in [0.4, 0.5) is 10.8 Å². The SMILES string of the molecule is N[C@H]1CCc2nc(NS(=O)(=O)c3ccccc3[N+](=O)[O-])sc2C1. The number of nitrogens with two attached hydrogens (primary N) is 1. The van der Waals surface area contributed by atoms with E-state index in [2.05, 4.69) is 9.71 Å². The lowest BCUT2D eigenvalue weighted by atomic mass is 9.99. The van der Waals surface area contributed by atoms with Crippen LogP contribution >= 0.6 is 11.3 Å². The molecule has 0 aliphatic heterocycles. The molecular weight excluding hydrogens is 340 g/mol. The van der Waals surface area contributed by atoms with Gasteiger partial charge in [-0.15, -0.1) is 11.3 Å². The van der Waals surface area contributed by atoms with Gasteiger partial charge in [-0.3, -0.25) is 14.8 Å². The fourth-order valence-electron chi connectivity index (χ4n) is 2.45. The van der Waals surface area contributed by atoms with Gasteiger partial charge in [0.1, 0.15) is 0 Å². The van der Waals surface area contributed by atoms with E-state index in [0.29, 0.717) is 12.8 Å². The van der Waals surface area contributed by atoms with Gasteiger partial charge >= 0.3 is 0 Å². The Labute approximate surface area is 136 Å². The number of hydrogen-bond donors (Lipinski definition) is 2. The van der Waals surface area contributed by atoms with Crippen LogP contribution in [0.25, 0.3) is 0 Å². The summed E-state index contributed by atoms with van der Waals surface area (Å²) in [5, 5.41) is 11.2. The van der Waals surface area contributed by atoms with E-state index in [9.17, 15) is 18.5 Å². The van der Waals surface area contributed by atoms with Crippen molar-refractivity contribution in [1.29, 1.82) is 0 Å². The van der Waals surface area contributed by atoms with E-state index < -0.39 is 20.6 Å². The van der Waals surface area contributed by atoms with Gasteiger partial charge < -0.3 is 5.73 Å². The summed E-state index contributed by atoms with van der Waals surface area (Å²) >= 11 is 1.22. The van der Waals surface area contributed by atoms with Crippen molar-refractivity contribution in [2.45, 2.75) is 30.2 Å². The first-order valence-corrected chi connectivity index (χ1v) is 9.17. The zero-order valence-electron chi connectivity index (χ0n) is 11.9. The Morgan fingerprint density at radius 3 is 2.87 bits per heavy atom. The summed E-state index contributed by atoms with van der Waals surface area (Å²) in [6.07, 6.45) is 2.19. The topological polar surface area (TPSA) is 128 Å². The van der Waals surface area contributed by atoms with E-state index in [-0.39, 0.29) is 16.1 Å². The highest BCUT2D eigenvalue weighted by Gasteiger charge is 2.27. The summed E-state index contributed by atoms with van der Waals surface area (Å²) in [5.74, 6) is 0. The van der Waals surface area contributed by atoms with Crippen molar-refractivity contribution >= 4 is 32.2 Å². The van der Waals surface area contributed by atoms with E-state index in [1.54, 1.807) is 0 Å². The fourth-order valence-corrected chi connectivity index (χ4v) is 4.96. The highest BCUT2D eigenvalue weighted by Crippen LogP contribution is 2.32. The number of benzene rings is 1. The van der Waals surface area contributed by atoms with E-state index in [1.165, 1.54) is 29.5 Å². The van der Waals surface area contributed by atoms with Gasteiger partial charge in [0, 0.05) is 17.0 Å². The van der Waals surface area contributed by atoms with Gasteiger partial charge in [-0.25, -0.2) is 13.4 Å². The number of aromatic nitrogens is 1. The van der Waals surface area contributed by atoms with Crippen LogP contribution in [0.3, 0.4) is 0 Å². The molecule has 0 unspecified atom stereocenters. The molecule has 0 saturated heterocycles. The minimum atomic E-state index is -4.08. The molecule has 0 amide bonds. The molecule has 1 aliphatic rings. The Hall–Kier alpha value is -2.04. The Morgan fingerprint density at radius 2 is 2.13 bits per heavy atom. The standard InChI is InChI=1S/C13H14N4O4S2/c14-8-5-6-9-11(7-8)22-13(15-9)16-23(20,21)12-4-2-1-3-10(12)17(18)19/h1-4,8H,5-7,14H2,(H,15,16)/t8-/m0/s1. The average molecular weight is 354 g/mol. The lowest BCUT2D eigenvalue weighted by Crippen LogP contribution is -2.27. The first kappa shape index (κ1) is 15.8. The number of fused-ring (bicyclic) bond motifs is 1. The zero-order chi connectivity index (χ0) is 16.6. The number of nitrogens with zero attached hydrogens (tertiary/aromatic N) is 2. The van der Waals surface area contributed by atoms with Gasteiger partial charge in [-0.2, -0.15) is 0 Å². The second kappa shape index (κ2) is 5.87.